The highest BCUT2D eigenvalue weighted by atomic mass is 19.4. The summed E-state index contributed by atoms with van der Waals surface area (Å²) in [6, 6.07) is 12.9. The fourth-order valence-corrected chi connectivity index (χ4v) is 3.47. The van der Waals surface area contributed by atoms with Crippen molar-refractivity contribution in [3.05, 3.63) is 100 Å². The zero-order chi connectivity index (χ0) is 25.9. The Morgan fingerprint density at radius 1 is 1.08 bits per heavy atom. The van der Waals surface area contributed by atoms with Gasteiger partial charge in [-0.2, -0.15) is 23.4 Å². The van der Waals surface area contributed by atoms with E-state index < -0.39 is 17.2 Å². The van der Waals surface area contributed by atoms with E-state index in [1.807, 2.05) is 0 Å². The van der Waals surface area contributed by atoms with Gasteiger partial charge >= 0.3 is 6.18 Å². The van der Waals surface area contributed by atoms with Gasteiger partial charge in [0.05, 0.1) is 24.1 Å². The largest absolute Gasteiger partial charge is 0.494 e. The quantitative estimate of drug-likeness (QED) is 0.355. The van der Waals surface area contributed by atoms with Crippen LogP contribution in [0.1, 0.15) is 18.2 Å². The Balaban J connectivity index is 1.78. The van der Waals surface area contributed by atoms with E-state index in [9.17, 15) is 18.0 Å². The van der Waals surface area contributed by atoms with Crippen LogP contribution in [0.3, 0.4) is 0 Å². The molecule has 0 saturated heterocycles. The third-order valence-corrected chi connectivity index (χ3v) is 5.29. The number of anilines is 1. The van der Waals surface area contributed by atoms with Gasteiger partial charge in [0.15, 0.2) is 5.69 Å². The lowest BCUT2D eigenvalue weighted by molar-refractivity contribution is -0.137. The highest BCUT2D eigenvalue weighted by molar-refractivity contribution is 5.92. The molecule has 0 unspecified atom stereocenters. The van der Waals surface area contributed by atoms with Gasteiger partial charge in [-0.25, -0.2) is 9.36 Å². The molecule has 0 amide bonds. The minimum Gasteiger partial charge on any atom is -0.494 e. The lowest BCUT2D eigenvalue weighted by Crippen LogP contribution is -2.20. The average Bonchev–Trinajstić information content (AvgIpc) is 3.42. The maximum atomic E-state index is 13.2. The van der Waals surface area contributed by atoms with Gasteiger partial charge in [-0.3, -0.25) is 4.79 Å². The molecule has 0 spiro atoms. The fraction of sp³-hybridized carbons (Fsp3) is 0.120. The lowest BCUT2D eigenvalue weighted by Gasteiger charge is -2.16. The Morgan fingerprint density at radius 2 is 1.89 bits per heavy atom. The van der Waals surface area contributed by atoms with Crippen LogP contribution in [0, 0.1) is 5.41 Å². The molecule has 8 nitrogen and oxygen atoms in total. The molecule has 0 aliphatic rings. The maximum absolute atomic E-state index is 13.2. The van der Waals surface area contributed by atoms with Crippen molar-refractivity contribution in [3.8, 4) is 17.1 Å². The van der Waals surface area contributed by atoms with Crippen molar-refractivity contribution in [2.75, 3.05) is 12.4 Å². The second-order valence-electron chi connectivity index (χ2n) is 7.69. The van der Waals surface area contributed by atoms with Crippen molar-refractivity contribution in [2.24, 2.45) is 0 Å². The van der Waals surface area contributed by atoms with E-state index in [-0.39, 0.29) is 17.1 Å². The van der Waals surface area contributed by atoms with Gasteiger partial charge in [0, 0.05) is 42.6 Å². The molecule has 0 aliphatic carbocycles. The summed E-state index contributed by atoms with van der Waals surface area (Å²) in [5.41, 5.74) is 0.363. The van der Waals surface area contributed by atoms with E-state index in [1.54, 1.807) is 48.3 Å². The number of benzene rings is 2. The number of alkyl halides is 3. The molecule has 0 aliphatic heterocycles. The molecule has 11 heteroatoms. The number of hydrogen-bond donors (Lipinski definition) is 2. The minimum absolute atomic E-state index is 0.0749. The zero-order valence-electron chi connectivity index (χ0n) is 19.2. The maximum Gasteiger partial charge on any atom is 0.416 e. The molecular weight excluding hydrogens is 473 g/mol. The van der Waals surface area contributed by atoms with Crippen LogP contribution in [0.15, 0.2) is 83.6 Å². The summed E-state index contributed by atoms with van der Waals surface area (Å²) in [5.74, 6) is 0.449. The first kappa shape index (κ1) is 24.5. The van der Waals surface area contributed by atoms with E-state index in [0.717, 1.165) is 24.0 Å². The van der Waals surface area contributed by atoms with Crippen molar-refractivity contribution in [1.82, 2.24) is 19.6 Å². The molecule has 2 heterocycles. The van der Waals surface area contributed by atoms with Crippen molar-refractivity contribution < 1.29 is 17.9 Å². The molecule has 36 heavy (non-hydrogen) atoms. The molecule has 184 valence electrons. The fourth-order valence-electron chi connectivity index (χ4n) is 3.47. The van der Waals surface area contributed by atoms with Gasteiger partial charge in [-0.15, -0.1) is 0 Å². The van der Waals surface area contributed by atoms with Crippen LogP contribution in [0.25, 0.3) is 17.1 Å². The Hall–Kier alpha value is -4.67. The zero-order valence-corrected chi connectivity index (χ0v) is 19.2. The van der Waals surface area contributed by atoms with Crippen LogP contribution >= 0.6 is 0 Å². The van der Waals surface area contributed by atoms with Crippen LogP contribution < -0.4 is 15.5 Å². The standard InChI is InChI=1S/C25H21F3N6O2/c1-16(15-29)23(31-18-6-3-5-17(13-18)25(26,27)28)24-21(35)9-12-34(32-24)20-8-7-19(14-22(20)36-2)33-11-4-10-30-33/h3-15,29,31H,1-2H3/b23-16-,29-15?. The van der Waals surface area contributed by atoms with Gasteiger partial charge < -0.3 is 15.5 Å². The predicted molar refractivity (Wildman–Crippen MR) is 130 cm³/mol. The van der Waals surface area contributed by atoms with Crippen molar-refractivity contribution in [2.45, 2.75) is 13.1 Å². The van der Waals surface area contributed by atoms with E-state index in [1.165, 1.54) is 36.2 Å². The van der Waals surface area contributed by atoms with Crippen LogP contribution in [0.4, 0.5) is 18.9 Å². The normalized spacial score (nSPS) is 12.1. The summed E-state index contributed by atoms with van der Waals surface area (Å²) in [6.45, 7) is 1.56. The smallest absolute Gasteiger partial charge is 0.416 e. The highest BCUT2D eigenvalue weighted by Gasteiger charge is 2.30. The van der Waals surface area contributed by atoms with Crippen LogP contribution in [0.2, 0.25) is 0 Å². The van der Waals surface area contributed by atoms with Crippen molar-refractivity contribution >= 4 is 17.6 Å². The molecule has 4 rings (SSSR count). The van der Waals surface area contributed by atoms with E-state index in [2.05, 4.69) is 15.5 Å². The van der Waals surface area contributed by atoms with Crippen LogP contribution in [0.5, 0.6) is 5.75 Å². The predicted octanol–water partition coefficient (Wildman–Crippen LogP) is 4.94. The summed E-state index contributed by atoms with van der Waals surface area (Å²) < 4.78 is 48.2. The number of nitrogens with one attached hydrogen (secondary N) is 2. The van der Waals surface area contributed by atoms with Crippen LogP contribution in [-0.4, -0.2) is 32.9 Å². The van der Waals surface area contributed by atoms with E-state index in [4.69, 9.17) is 10.1 Å². The monoisotopic (exact) mass is 494 g/mol. The van der Waals surface area contributed by atoms with Crippen molar-refractivity contribution in [3.63, 3.8) is 0 Å². The number of nitrogens with zero attached hydrogens (tertiary/aromatic N) is 4. The summed E-state index contributed by atoms with van der Waals surface area (Å²) in [7, 11) is 1.49. The van der Waals surface area contributed by atoms with Gasteiger partial charge in [-0.05, 0) is 48.9 Å². The number of rotatable bonds is 7. The Kier molecular flexibility index (Phi) is 6.73. The number of aromatic nitrogens is 4. The Labute approximate surface area is 203 Å². The van der Waals surface area contributed by atoms with Gasteiger partial charge in [0.2, 0.25) is 5.43 Å². The number of halogens is 3. The van der Waals surface area contributed by atoms with Crippen LogP contribution in [-0.2, 0) is 6.18 Å². The summed E-state index contributed by atoms with van der Waals surface area (Å²) >= 11 is 0. The van der Waals surface area contributed by atoms with Gasteiger partial charge in [0.1, 0.15) is 11.4 Å². The first-order valence-corrected chi connectivity index (χ1v) is 10.7. The van der Waals surface area contributed by atoms with Gasteiger partial charge in [0.25, 0.3) is 0 Å². The molecule has 0 saturated carbocycles. The molecule has 2 aromatic carbocycles. The topological polar surface area (TPSA) is 97.8 Å². The van der Waals surface area contributed by atoms with Crippen molar-refractivity contribution in [1.29, 1.82) is 5.41 Å². The molecule has 0 atom stereocenters. The van der Waals surface area contributed by atoms with Gasteiger partial charge in [-0.1, -0.05) is 6.07 Å². The Morgan fingerprint density at radius 3 is 2.56 bits per heavy atom. The molecule has 2 aromatic heterocycles. The number of hydrogen-bond acceptors (Lipinski definition) is 6. The molecule has 0 radical (unpaired) electrons. The summed E-state index contributed by atoms with van der Waals surface area (Å²) in [5, 5.41) is 19.1. The van der Waals surface area contributed by atoms with E-state index in [0.29, 0.717) is 17.0 Å². The van der Waals surface area contributed by atoms with E-state index >= 15 is 0 Å². The average molecular weight is 494 g/mol. The Bertz CT molecular complexity index is 1490. The second-order valence-corrected chi connectivity index (χ2v) is 7.69. The summed E-state index contributed by atoms with van der Waals surface area (Å²) in [4.78, 5) is 12.8. The third kappa shape index (κ3) is 5.04. The SMILES string of the molecule is COc1cc(-n2cccn2)ccc1-n1ccc(=O)c(/C(Nc2cccc(C(F)(F)F)c2)=C(\C)C=N)n1. The number of allylic oxidation sites excluding steroid dienone is 1. The molecule has 2 N–H and O–H groups in total. The first-order chi connectivity index (χ1) is 17.2. The molecular formula is C25H21F3N6O2. The molecule has 4 aromatic rings. The number of ether oxygens (including phenoxy) is 1. The highest BCUT2D eigenvalue weighted by Crippen LogP contribution is 2.32. The first-order valence-electron chi connectivity index (χ1n) is 10.7. The third-order valence-electron chi connectivity index (χ3n) is 5.29. The minimum atomic E-state index is -4.53. The number of methoxy groups -OCH3 is 1. The molecule has 0 bridgehead atoms. The second kappa shape index (κ2) is 9.90. The lowest BCUT2D eigenvalue weighted by atomic mass is 10.1. The summed E-state index contributed by atoms with van der Waals surface area (Å²) in [6.07, 6.45) is 1.34. The molecule has 0 fully saturated rings.